The second-order valence-corrected chi connectivity index (χ2v) is 5.87. The Hall–Kier alpha value is -2.62. The van der Waals surface area contributed by atoms with Crippen LogP contribution in [0.15, 0.2) is 22.4 Å². The fourth-order valence-electron chi connectivity index (χ4n) is 1.99. The van der Waals surface area contributed by atoms with E-state index in [4.69, 9.17) is 4.74 Å². The van der Waals surface area contributed by atoms with Crippen LogP contribution >= 0.6 is 11.8 Å². The van der Waals surface area contributed by atoms with E-state index in [9.17, 15) is 15.2 Å². The number of nitrogens with zero attached hydrogens (tertiary/aromatic N) is 5. The quantitative estimate of drug-likeness (QED) is 0.368. The minimum absolute atomic E-state index is 0.0239. The highest BCUT2D eigenvalue weighted by molar-refractivity contribution is 7.98. The molecule has 0 aliphatic heterocycles. The number of phenols is 1. The highest BCUT2D eigenvalue weighted by Gasteiger charge is 2.18. The van der Waals surface area contributed by atoms with Crippen LogP contribution in [0.25, 0.3) is 0 Å². The first-order chi connectivity index (χ1) is 11.4. The third kappa shape index (κ3) is 3.48. The molecule has 1 aromatic carbocycles. The third-order valence-electron chi connectivity index (χ3n) is 3.17. The van der Waals surface area contributed by atoms with Crippen LogP contribution in [0.2, 0.25) is 0 Å². The molecule has 0 saturated carbocycles. The van der Waals surface area contributed by atoms with Crippen LogP contribution in [-0.2, 0) is 0 Å². The van der Waals surface area contributed by atoms with E-state index in [2.05, 4.69) is 15.3 Å². The molecule has 24 heavy (non-hydrogen) atoms. The molecule has 0 fully saturated rings. The fourth-order valence-corrected chi connectivity index (χ4v) is 2.43. The number of rotatable bonds is 6. The van der Waals surface area contributed by atoms with Gasteiger partial charge in [-0.2, -0.15) is 9.78 Å². The van der Waals surface area contributed by atoms with E-state index in [0.29, 0.717) is 11.0 Å². The van der Waals surface area contributed by atoms with Gasteiger partial charge in [0.25, 0.3) is 5.69 Å². The molecule has 0 saturated heterocycles. The van der Waals surface area contributed by atoms with Gasteiger partial charge in [0.1, 0.15) is 0 Å². The zero-order valence-corrected chi connectivity index (χ0v) is 14.4. The SMILES string of the molecule is COc1cc([N+](=O)[O-])c(/C=N\n2c(SC)nnc2C(C)C)cc1O. The average molecular weight is 351 g/mol. The molecule has 0 radical (unpaired) electrons. The predicted octanol–water partition coefficient (Wildman–Crippen LogP) is 2.63. The van der Waals surface area contributed by atoms with Gasteiger partial charge in [-0.3, -0.25) is 10.1 Å². The molecule has 0 atom stereocenters. The lowest BCUT2D eigenvalue weighted by Gasteiger charge is -2.07. The van der Waals surface area contributed by atoms with Crippen molar-refractivity contribution >= 4 is 23.7 Å². The Morgan fingerprint density at radius 2 is 2.17 bits per heavy atom. The normalized spacial score (nSPS) is 11.4. The highest BCUT2D eigenvalue weighted by atomic mass is 32.2. The van der Waals surface area contributed by atoms with Crippen molar-refractivity contribution in [1.29, 1.82) is 0 Å². The van der Waals surface area contributed by atoms with Crippen LogP contribution in [0.5, 0.6) is 11.5 Å². The van der Waals surface area contributed by atoms with E-state index >= 15 is 0 Å². The molecule has 2 aromatic rings. The summed E-state index contributed by atoms with van der Waals surface area (Å²) < 4.78 is 6.43. The molecule has 0 aliphatic carbocycles. The number of thioether (sulfide) groups is 1. The maximum absolute atomic E-state index is 11.2. The standard InChI is InChI=1S/C14H17N5O4S/c1-8(2)13-16-17-14(24-4)18(13)15-7-9-5-11(20)12(23-3)6-10(9)19(21)22/h5-8,20H,1-4H3/b15-7-. The maximum atomic E-state index is 11.2. The molecule has 10 heteroatoms. The van der Waals surface area contributed by atoms with Crippen LogP contribution < -0.4 is 4.74 Å². The van der Waals surface area contributed by atoms with Gasteiger partial charge in [0, 0.05) is 5.92 Å². The molecule has 0 unspecified atom stereocenters. The summed E-state index contributed by atoms with van der Waals surface area (Å²) in [6.45, 7) is 3.89. The number of aromatic nitrogens is 3. The van der Waals surface area contributed by atoms with Gasteiger partial charge in [-0.05, 0) is 12.3 Å². The number of aromatic hydroxyl groups is 1. The minimum Gasteiger partial charge on any atom is -0.504 e. The Morgan fingerprint density at radius 3 is 2.71 bits per heavy atom. The van der Waals surface area contributed by atoms with Crippen LogP contribution in [0, 0.1) is 10.1 Å². The lowest BCUT2D eigenvalue weighted by molar-refractivity contribution is -0.385. The molecule has 2 rings (SSSR count). The zero-order valence-electron chi connectivity index (χ0n) is 13.6. The number of nitro benzene ring substituents is 1. The lowest BCUT2D eigenvalue weighted by Crippen LogP contribution is -2.03. The lowest BCUT2D eigenvalue weighted by atomic mass is 10.1. The molecule has 0 spiro atoms. The summed E-state index contributed by atoms with van der Waals surface area (Å²) >= 11 is 1.36. The maximum Gasteiger partial charge on any atom is 0.282 e. The molecule has 1 N–H and O–H groups in total. The van der Waals surface area contributed by atoms with Gasteiger partial charge in [0.05, 0.1) is 29.9 Å². The second-order valence-electron chi connectivity index (χ2n) is 5.10. The number of benzene rings is 1. The van der Waals surface area contributed by atoms with Crippen LogP contribution in [0.3, 0.4) is 0 Å². The number of hydrogen-bond acceptors (Lipinski definition) is 8. The Balaban J connectivity index is 2.52. The van der Waals surface area contributed by atoms with Gasteiger partial charge in [-0.1, -0.05) is 25.6 Å². The van der Waals surface area contributed by atoms with Gasteiger partial charge in [0.15, 0.2) is 17.3 Å². The Labute approximate surface area is 142 Å². The van der Waals surface area contributed by atoms with Crippen LogP contribution in [0.1, 0.15) is 31.2 Å². The van der Waals surface area contributed by atoms with E-state index in [1.165, 1.54) is 35.8 Å². The van der Waals surface area contributed by atoms with Crippen molar-refractivity contribution in [2.24, 2.45) is 5.10 Å². The van der Waals surface area contributed by atoms with E-state index in [-0.39, 0.29) is 28.7 Å². The van der Waals surface area contributed by atoms with Crippen molar-refractivity contribution in [3.8, 4) is 11.5 Å². The molecular weight excluding hydrogens is 334 g/mol. The fraction of sp³-hybridized carbons (Fsp3) is 0.357. The largest absolute Gasteiger partial charge is 0.504 e. The Morgan fingerprint density at radius 1 is 1.46 bits per heavy atom. The van der Waals surface area contributed by atoms with Crippen molar-refractivity contribution in [2.75, 3.05) is 13.4 Å². The topological polar surface area (TPSA) is 116 Å². The number of methoxy groups -OCH3 is 1. The van der Waals surface area contributed by atoms with Crippen molar-refractivity contribution in [2.45, 2.75) is 24.9 Å². The van der Waals surface area contributed by atoms with Gasteiger partial charge in [-0.15, -0.1) is 10.2 Å². The summed E-state index contributed by atoms with van der Waals surface area (Å²) in [5.74, 6) is 0.532. The van der Waals surface area contributed by atoms with E-state index in [1.54, 1.807) is 0 Å². The van der Waals surface area contributed by atoms with E-state index < -0.39 is 4.92 Å². The highest BCUT2D eigenvalue weighted by Crippen LogP contribution is 2.33. The first kappa shape index (κ1) is 17.7. The monoisotopic (exact) mass is 351 g/mol. The minimum atomic E-state index is -0.561. The molecule has 0 bridgehead atoms. The summed E-state index contributed by atoms with van der Waals surface area (Å²) in [5.41, 5.74) is -0.0768. The Bertz CT molecular complexity index is 788. The van der Waals surface area contributed by atoms with E-state index in [0.717, 1.165) is 6.07 Å². The number of nitro groups is 1. The van der Waals surface area contributed by atoms with Crippen LogP contribution in [-0.4, -0.2) is 44.5 Å². The van der Waals surface area contributed by atoms with Crippen molar-refractivity contribution in [1.82, 2.24) is 14.9 Å². The van der Waals surface area contributed by atoms with Crippen molar-refractivity contribution in [3.63, 3.8) is 0 Å². The molecule has 0 aliphatic rings. The van der Waals surface area contributed by atoms with Gasteiger partial charge < -0.3 is 9.84 Å². The first-order valence-electron chi connectivity index (χ1n) is 6.98. The van der Waals surface area contributed by atoms with Gasteiger partial charge in [-0.25, -0.2) is 0 Å². The molecular formula is C14H17N5O4S. The van der Waals surface area contributed by atoms with Crippen molar-refractivity contribution < 1.29 is 14.8 Å². The Kier molecular flexibility index (Phi) is 5.39. The molecule has 128 valence electrons. The molecule has 0 amide bonds. The summed E-state index contributed by atoms with van der Waals surface area (Å²) in [5, 5.41) is 34.0. The van der Waals surface area contributed by atoms with Gasteiger partial charge in [0.2, 0.25) is 5.16 Å². The predicted molar refractivity (Wildman–Crippen MR) is 90.2 cm³/mol. The summed E-state index contributed by atoms with van der Waals surface area (Å²) in [6.07, 6.45) is 3.13. The number of ether oxygens (including phenoxy) is 1. The van der Waals surface area contributed by atoms with Gasteiger partial charge >= 0.3 is 0 Å². The van der Waals surface area contributed by atoms with Crippen molar-refractivity contribution in [3.05, 3.63) is 33.6 Å². The molecule has 9 nitrogen and oxygen atoms in total. The average Bonchev–Trinajstić information content (AvgIpc) is 2.95. The second kappa shape index (κ2) is 7.30. The smallest absolute Gasteiger partial charge is 0.282 e. The third-order valence-corrected chi connectivity index (χ3v) is 3.79. The summed E-state index contributed by atoms with van der Waals surface area (Å²) in [6, 6.07) is 2.39. The first-order valence-corrected chi connectivity index (χ1v) is 8.20. The zero-order chi connectivity index (χ0) is 17.9. The molecule has 1 aromatic heterocycles. The van der Waals surface area contributed by atoms with E-state index in [1.807, 2.05) is 20.1 Å². The number of hydrogen-bond donors (Lipinski definition) is 1. The molecule has 1 heterocycles. The number of phenolic OH excluding ortho intramolecular Hbond substituents is 1. The summed E-state index contributed by atoms with van der Waals surface area (Å²) in [7, 11) is 1.32. The summed E-state index contributed by atoms with van der Waals surface area (Å²) in [4.78, 5) is 10.7. The van der Waals surface area contributed by atoms with Crippen LogP contribution in [0.4, 0.5) is 5.69 Å².